The van der Waals surface area contributed by atoms with E-state index in [4.69, 9.17) is 9.15 Å². The number of furan rings is 1. The van der Waals surface area contributed by atoms with E-state index in [2.05, 4.69) is 15.8 Å². The van der Waals surface area contributed by atoms with Crippen molar-refractivity contribution in [3.8, 4) is 5.75 Å². The molecule has 0 radical (unpaired) electrons. The average molecular weight is 503 g/mol. The number of sulfonamides is 1. The molecule has 10 nitrogen and oxygen atoms in total. The summed E-state index contributed by atoms with van der Waals surface area (Å²) >= 11 is 0. The van der Waals surface area contributed by atoms with E-state index in [-0.39, 0.29) is 24.7 Å². The van der Waals surface area contributed by atoms with Crippen molar-refractivity contribution in [3.05, 3.63) is 84.1 Å². The van der Waals surface area contributed by atoms with Gasteiger partial charge < -0.3 is 14.5 Å². The van der Waals surface area contributed by atoms with Crippen LogP contribution in [0.25, 0.3) is 0 Å². The number of hydrogen-bond acceptors (Lipinski definition) is 7. The van der Waals surface area contributed by atoms with Crippen molar-refractivity contribution in [2.45, 2.75) is 6.54 Å². The van der Waals surface area contributed by atoms with Crippen LogP contribution in [0.15, 0.2) is 76.4 Å². The lowest BCUT2D eigenvalue weighted by Gasteiger charge is -2.21. The number of nitrogens with one attached hydrogen (secondary N) is 2. The molecular weight excluding hydrogens is 479 g/mol. The number of halogens is 1. The van der Waals surface area contributed by atoms with Gasteiger partial charge in [0.1, 0.15) is 23.9 Å². The third-order valence-electron chi connectivity index (χ3n) is 4.49. The van der Waals surface area contributed by atoms with Crippen LogP contribution < -0.4 is 19.8 Å². The number of carbonyl (C=O) groups is 2. The molecule has 0 saturated carbocycles. The zero-order chi connectivity index (χ0) is 25.3. The Balaban J connectivity index is 1.46. The van der Waals surface area contributed by atoms with Gasteiger partial charge in [0.15, 0.2) is 6.61 Å². The van der Waals surface area contributed by atoms with Gasteiger partial charge >= 0.3 is 0 Å². The van der Waals surface area contributed by atoms with Gasteiger partial charge in [0.25, 0.3) is 11.8 Å². The van der Waals surface area contributed by atoms with E-state index in [1.807, 2.05) is 0 Å². The standard InChI is InChI=1S/C23H23FN4O6S/c1-35(31,32)28(19-8-6-18(24)7-9-19)15-22(29)27-26-13-17-4-10-20(11-5-17)34-16-23(30)25-14-21-3-2-12-33-21/h2-13H,14-16H2,1H3,(H,25,30)(H,27,29)/b26-13-. The minimum Gasteiger partial charge on any atom is -0.484 e. The van der Waals surface area contributed by atoms with Gasteiger partial charge in [0.05, 0.1) is 31.0 Å². The summed E-state index contributed by atoms with van der Waals surface area (Å²) in [5, 5.41) is 6.48. The van der Waals surface area contributed by atoms with Gasteiger partial charge in [-0.25, -0.2) is 18.2 Å². The fraction of sp³-hybridized carbons (Fsp3) is 0.174. The molecule has 3 aromatic rings. The Morgan fingerprint density at radius 1 is 1.09 bits per heavy atom. The fourth-order valence-electron chi connectivity index (χ4n) is 2.80. The molecule has 0 bridgehead atoms. The van der Waals surface area contributed by atoms with Crippen molar-refractivity contribution in [1.29, 1.82) is 0 Å². The van der Waals surface area contributed by atoms with Crippen LogP contribution >= 0.6 is 0 Å². The first-order chi connectivity index (χ1) is 16.7. The van der Waals surface area contributed by atoms with Gasteiger partial charge in [-0.1, -0.05) is 0 Å². The average Bonchev–Trinajstić information content (AvgIpc) is 3.34. The van der Waals surface area contributed by atoms with Gasteiger partial charge in [0.2, 0.25) is 10.0 Å². The van der Waals surface area contributed by atoms with Gasteiger partial charge in [0, 0.05) is 0 Å². The van der Waals surface area contributed by atoms with Crippen molar-refractivity contribution in [2.24, 2.45) is 5.10 Å². The van der Waals surface area contributed by atoms with Crippen LogP contribution in [-0.4, -0.2) is 45.9 Å². The number of carbonyl (C=O) groups excluding carboxylic acids is 2. The van der Waals surface area contributed by atoms with Gasteiger partial charge in [-0.3, -0.25) is 13.9 Å². The number of anilines is 1. The van der Waals surface area contributed by atoms with E-state index >= 15 is 0 Å². The smallest absolute Gasteiger partial charge is 0.260 e. The largest absolute Gasteiger partial charge is 0.484 e. The Bertz CT molecular complexity index is 1260. The third kappa shape index (κ3) is 8.27. The number of hydrazone groups is 1. The first kappa shape index (κ1) is 25.4. The Morgan fingerprint density at radius 2 is 1.80 bits per heavy atom. The van der Waals surface area contributed by atoms with Gasteiger partial charge in [-0.15, -0.1) is 0 Å². The lowest BCUT2D eigenvalue weighted by molar-refractivity contribution is -0.123. The van der Waals surface area contributed by atoms with Crippen LogP contribution in [0.2, 0.25) is 0 Å². The topological polar surface area (TPSA) is 130 Å². The SMILES string of the molecule is CS(=O)(=O)N(CC(=O)N/N=C\c1ccc(OCC(=O)NCc2ccco2)cc1)c1ccc(F)cc1. The Labute approximate surface area is 201 Å². The number of hydrogen-bond donors (Lipinski definition) is 2. The number of nitrogens with zero attached hydrogens (tertiary/aromatic N) is 2. The van der Waals surface area contributed by atoms with Crippen LogP contribution in [0, 0.1) is 5.82 Å². The number of benzene rings is 2. The molecule has 3 rings (SSSR count). The summed E-state index contributed by atoms with van der Waals surface area (Å²) in [7, 11) is -3.78. The van der Waals surface area contributed by atoms with Gasteiger partial charge in [-0.05, 0) is 66.2 Å². The Hall–Kier alpha value is -4.19. The molecule has 0 aliphatic carbocycles. The molecule has 2 amide bonds. The van der Waals surface area contributed by atoms with Crippen LogP contribution in [0.3, 0.4) is 0 Å². The molecule has 0 fully saturated rings. The normalized spacial score (nSPS) is 11.3. The lowest BCUT2D eigenvalue weighted by Crippen LogP contribution is -2.39. The molecule has 1 heterocycles. The highest BCUT2D eigenvalue weighted by Crippen LogP contribution is 2.17. The van der Waals surface area contributed by atoms with Crippen molar-refractivity contribution in [1.82, 2.24) is 10.7 Å². The minimum atomic E-state index is -3.78. The molecule has 0 spiro atoms. The molecule has 12 heteroatoms. The second-order valence-corrected chi connectivity index (χ2v) is 9.16. The molecular formula is C23H23FN4O6S. The molecule has 35 heavy (non-hydrogen) atoms. The second kappa shape index (κ2) is 11.8. The molecule has 0 unspecified atom stereocenters. The molecule has 0 aliphatic rings. The maximum atomic E-state index is 13.1. The van der Waals surface area contributed by atoms with Crippen LogP contribution in [0.5, 0.6) is 5.75 Å². The summed E-state index contributed by atoms with van der Waals surface area (Å²) in [6.45, 7) is -0.437. The summed E-state index contributed by atoms with van der Waals surface area (Å²) < 4.78 is 48.6. The number of rotatable bonds is 11. The summed E-state index contributed by atoms with van der Waals surface area (Å²) in [6, 6.07) is 14.8. The number of ether oxygens (including phenoxy) is 1. The predicted octanol–water partition coefficient (Wildman–Crippen LogP) is 2.03. The number of amides is 2. The second-order valence-electron chi connectivity index (χ2n) is 7.25. The summed E-state index contributed by atoms with van der Waals surface area (Å²) in [5.74, 6) is -0.424. The molecule has 2 aromatic carbocycles. The molecule has 2 N–H and O–H groups in total. The molecule has 0 atom stereocenters. The van der Waals surface area contributed by atoms with E-state index in [1.54, 1.807) is 36.4 Å². The van der Waals surface area contributed by atoms with Crippen molar-refractivity contribution < 1.29 is 31.6 Å². The third-order valence-corrected chi connectivity index (χ3v) is 5.64. The summed E-state index contributed by atoms with van der Waals surface area (Å²) in [5.41, 5.74) is 3.03. The van der Waals surface area contributed by atoms with Crippen LogP contribution in [0.4, 0.5) is 10.1 Å². The van der Waals surface area contributed by atoms with E-state index < -0.39 is 28.3 Å². The summed E-state index contributed by atoms with van der Waals surface area (Å²) in [6.07, 6.45) is 3.83. The van der Waals surface area contributed by atoms with Crippen LogP contribution in [0.1, 0.15) is 11.3 Å². The Morgan fingerprint density at radius 3 is 2.43 bits per heavy atom. The maximum absolute atomic E-state index is 13.1. The van der Waals surface area contributed by atoms with Crippen LogP contribution in [-0.2, 0) is 26.2 Å². The molecule has 0 aliphatic heterocycles. The first-order valence-corrected chi connectivity index (χ1v) is 12.1. The maximum Gasteiger partial charge on any atom is 0.260 e. The van der Waals surface area contributed by atoms with Crippen molar-refractivity contribution >= 4 is 33.7 Å². The highest BCUT2D eigenvalue weighted by molar-refractivity contribution is 7.92. The zero-order valence-corrected chi connectivity index (χ0v) is 19.5. The van der Waals surface area contributed by atoms with Crippen molar-refractivity contribution in [2.75, 3.05) is 23.7 Å². The fourth-order valence-corrected chi connectivity index (χ4v) is 3.66. The Kier molecular flexibility index (Phi) is 8.57. The predicted molar refractivity (Wildman–Crippen MR) is 127 cm³/mol. The monoisotopic (exact) mass is 502 g/mol. The summed E-state index contributed by atoms with van der Waals surface area (Å²) in [4.78, 5) is 24.0. The van der Waals surface area contributed by atoms with E-state index in [9.17, 15) is 22.4 Å². The highest BCUT2D eigenvalue weighted by Gasteiger charge is 2.20. The zero-order valence-electron chi connectivity index (χ0n) is 18.7. The van der Waals surface area contributed by atoms with Gasteiger partial charge in [-0.2, -0.15) is 5.10 Å². The quantitative estimate of drug-likeness (QED) is 0.305. The molecule has 0 saturated heterocycles. The lowest BCUT2D eigenvalue weighted by atomic mass is 10.2. The van der Waals surface area contributed by atoms with Crippen molar-refractivity contribution in [3.63, 3.8) is 0 Å². The van der Waals surface area contributed by atoms with E-state index in [1.165, 1.54) is 24.6 Å². The van der Waals surface area contributed by atoms with E-state index in [0.717, 1.165) is 22.7 Å². The first-order valence-electron chi connectivity index (χ1n) is 10.3. The molecule has 184 valence electrons. The minimum absolute atomic E-state index is 0.151. The van der Waals surface area contributed by atoms with E-state index in [0.29, 0.717) is 17.1 Å². The molecule has 1 aromatic heterocycles. The highest BCUT2D eigenvalue weighted by atomic mass is 32.2.